The lowest BCUT2D eigenvalue weighted by molar-refractivity contribution is -0.159. The second-order valence-corrected chi connectivity index (χ2v) is 3.77. The molecule has 0 aromatic heterocycles. The summed E-state index contributed by atoms with van der Waals surface area (Å²) in [5.74, 6) is -1.46. The Hall–Kier alpha value is -0.650. The molecule has 6 atom stereocenters. The summed E-state index contributed by atoms with van der Waals surface area (Å²) in [6.07, 6.45) is -12.3. The van der Waals surface area contributed by atoms with Crippen LogP contribution in [0.25, 0.3) is 0 Å². The van der Waals surface area contributed by atoms with E-state index in [0.29, 0.717) is 0 Å². The topological polar surface area (TPSA) is 179 Å². The third-order valence-corrected chi connectivity index (χ3v) is 2.39. The van der Waals surface area contributed by atoms with Crippen molar-refractivity contribution in [2.45, 2.75) is 36.6 Å². The van der Waals surface area contributed by atoms with Crippen molar-refractivity contribution in [1.82, 2.24) is 0 Å². The number of rotatable bonds is 8. The summed E-state index contributed by atoms with van der Waals surface area (Å²) >= 11 is 0. The summed E-state index contributed by atoms with van der Waals surface area (Å²) in [4.78, 5) is 11.4. The van der Waals surface area contributed by atoms with Crippen molar-refractivity contribution >= 4 is 5.78 Å². The molecule has 9 nitrogen and oxygen atoms in total. The van der Waals surface area contributed by atoms with Crippen LogP contribution in [0.1, 0.15) is 0 Å². The maximum absolute atomic E-state index is 11.4. The van der Waals surface area contributed by atoms with Crippen molar-refractivity contribution in [3.8, 4) is 0 Å². The van der Waals surface area contributed by atoms with E-state index in [-0.39, 0.29) is 0 Å². The van der Waals surface area contributed by atoms with E-state index in [2.05, 4.69) is 0 Å². The fourth-order valence-electron chi connectivity index (χ4n) is 1.15. The highest BCUT2D eigenvalue weighted by Gasteiger charge is 2.38. The van der Waals surface area contributed by atoms with Gasteiger partial charge in [-0.15, -0.1) is 0 Å². The summed E-state index contributed by atoms with van der Waals surface area (Å²) in [6.45, 7) is -1.85. The number of aliphatic hydroxyl groups excluding tert-OH is 8. The number of hydrogen-bond acceptors (Lipinski definition) is 9. The summed E-state index contributed by atoms with van der Waals surface area (Å²) in [5, 5.41) is 71.9. The van der Waals surface area contributed by atoms with Crippen LogP contribution in [-0.2, 0) is 4.79 Å². The smallest absolute Gasteiger partial charge is 0.195 e. The zero-order chi connectivity index (χ0) is 14.5. The summed E-state index contributed by atoms with van der Waals surface area (Å²) in [5.41, 5.74) is 0. The number of carbonyl (C=O) groups is 1. The lowest BCUT2D eigenvalue weighted by Crippen LogP contribution is -2.52. The quantitative estimate of drug-likeness (QED) is 0.214. The van der Waals surface area contributed by atoms with E-state index in [4.69, 9.17) is 20.4 Å². The monoisotopic (exact) mass is 270 g/mol. The van der Waals surface area contributed by atoms with Crippen molar-refractivity contribution in [2.24, 2.45) is 0 Å². The van der Waals surface area contributed by atoms with Crippen LogP contribution in [0.5, 0.6) is 0 Å². The lowest BCUT2D eigenvalue weighted by atomic mass is 9.96. The van der Waals surface area contributed by atoms with Crippen LogP contribution in [0, 0.1) is 0 Å². The molecule has 18 heavy (non-hydrogen) atoms. The first-order chi connectivity index (χ1) is 8.27. The standard InChI is InChI=1S/C9H18O9/c10-1-3(12)5(14)7(16)9(18)8(17)6(15)4(13)2-11/h3-8,10-17H,1-2H2/t3-,4?,5+,6-,7+,8-/m1/s1. The van der Waals surface area contributed by atoms with Crippen LogP contribution in [-0.4, -0.2) is 96.5 Å². The number of hydrogen-bond donors (Lipinski definition) is 8. The van der Waals surface area contributed by atoms with E-state index in [1.807, 2.05) is 0 Å². The molecule has 0 aliphatic carbocycles. The number of ketones is 1. The molecule has 0 aromatic carbocycles. The zero-order valence-corrected chi connectivity index (χ0v) is 9.36. The highest BCUT2D eigenvalue weighted by atomic mass is 16.4. The fraction of sp³-hybridized carbons (Fsp3) is 0.889. The molecule has 0 aromatic rings. The molecule has 0 aliphatic heterocycles. The first-order valence-corrected chi connectivity index (χ1v) is 5.11. The molecule has 0 spiro atoms. The van der Waals surface area contributed by atoms with Gasteiger partial charge in [0, 0.05) is 0 Å². The first-order valence-electron chi connectivity index (χ1n) is 5.11. The number of aliphatic hydroxyl groups is 8. The molecule has 0 heterocycles. The Morgan fingerprint density at radius 2 is 1.00 bits per heavy atom. The summed E-state index contributed by atoms with van der Waals surface area (Å²) in [7, 11) is 0. The van der Waals surface area contributed by atoms with Gasteiger partial charge >= 0.3 is 0 Å². The van der Waals surface area contributed by atoms with Gasteiger partial charge < -0.3 is 40.9 Å². The molecular formula is C9H18O9. The third kappa shape index (κ3) is 4.23. The molecule has 9 heteroatoms. The molecule has 0 aliphatic rings. The van der Waals surface area contributed by atoms with Gasteiger partial charge in [0.1, 0.15) is 36.6 Å². The Morgan fingerprint density at radius 1 is 0.722 bits per heavy atom. The molecule has 0 fully saturated rings. The minimum atomic E-state index is -2.26. The Kier molecular flexibility index (Phi) is 7.43. The highest BCUT2D eigenvalue weighted by Crippen LogP contribution is 2.08. The number of carbonyl (C=O) groups excluding carboxylic acids is 1. The van der Waals surface area contributed by atoms with Crippen molar-refractivity contribution in [3.05, 3.63) is 0 Å². The molecule has 0 saturated heterocycles. The molecule has 0 saturated carbocycles. The molecule has 0 bridgehead atoms. The normalized spacial score (nSPS) is 21.8. The molecule has 0 rings (SSSR count). The van der Waals surface area contributed by atoms with E-state index in [9.17, 15) is 25.2 Å². The van der Waals surface area contributed by atoms with E-state index < -0.39 is 55.6 Å². The molecule has 0 amide bonds. The highest BCUT2D eigenvalue weighted by molar-refractivity contribution is 5.88. The largest absolute Gasteiger partial charge is 0.394 e. The predicted octanol–water partition coefficient (Wildman–Crippen LogP) is -5.29. The van der Waals surface area contributed by atoms with Gasteiger partial charge in [-0.25, -0.2) is 0 Å². The van der Waals surface area contributed by atoms with Crippen LogP contribution in [0.2, 0.25) is 0 Å². The average Bonchev–Trinajstić information content (AvgIpc) is 2.40. The van der Waals surface area contributed by atoms with Gasteiger partial charge in [-0.3, -0.25) is 4.79 Å². The molecule has 108 valence electrons. The average molecular weight is 270 g/mol. The first kappa shape index (κ1) is 17.4. The van der Waals surface area contributed by atoms with Crippen LogP contribution in [0.4, 0.5) is 0 Å². The van der Waals surface area contributed by atoms with Crippen molar-refractivity contribution in [2.75, 3.05) is 13.2 Å². The molecule has 0 radical (unpaired) electrons. The van der Waals surface area contributed by atoms with Crippen LogP contribution in [0.3, 0.4) is 0 Å². The van der Waals surface area contributed by atoms with Crippen LogP contribution in [0.15, 0.2) is 0 Å². The fourth-order valence-corrected chi connectivity index (χ4v) is 1.15. The SMILES string of the molecule is O=C([C@@H](O)[C@@H](O)[C@H](O)CO)[C@H](O)[C@H](O)C(O)CO. The molecular weight excluding hydrogens is 252 g/mol. The van der Waals surface area contributed by atoms with Gasteiger partial charge in [0.25, 0.3) is 0 Å². The van der Waals surface area contributed by atoms with E-state index >= 15 is 0 Å². The van der Waals surface area contributed by atoms with Crippen molar-refractivity contribution in [3.63, 3.8) is 0 Å². The van der Waals surface area contributed by atoms with Crippen LogP contribution >= 0.6 is 0 Å². The van der Waals surface area contributed by atoms with E-state index in [0.717, 1.165) is 0 Å². The van der Waals surface area contributed by atoms with Gasteiger partial charge in [0.2, 0.25) is 0 Å². The Labute approximate surface area is 102 Å². The third-order valence-electron chi connectivity index (χ3n) is 2.39. The Morgan fingerprint density at radius 3 is 1.22 bits per heavy atom. The maximum Gasteiger partial charge on any atom is 0.195 e. The van der Waals surface area contributed by atoms with Gasteiger partial charge in [-0.05, 0) is 0 Å². The Balaban J connectivity index is 4.63. The van der Waals surface area contributed by atoms with Gasteiger partial charge in [0.15, 0.2) is 5.78 Å². The summed E-state index contributed by atoms with van der Waals surface area (Å²) < 4.78 is 0. The maximum atomic E-state index is 11.4. The van der Waals surface area contributed by atoms with Crippen LogP contribution < -0.4 is 0 Å². The van der Waals surface area contributed by atoms with E-state index in [1.165, 1.54) is 0 Å². The number of Topliss-reactive ketones (excluding diaryl/α,β-unsaturated/α-hetero) is 1. The molecule has 1 unspecified atom stereocenters. The lowest BCUT2D eigenvalue weighted by Gasteiger charge is -2.25. The zero-order valence-electron chi connectivity index (χ0n) is 9.36. The predicted molar refractivity (Wildman–Crippen MR) is 55.2 cm³/mol. The summed E-state index contributed by atoms with van der Waals surface area (Å²) in [6, 6.07) is 0. The molecule has 8 N–H and O–H groups in total. The van der Waals surface area contributed by atoms with Gasteiger partial charge in [-0.1, -0.05) is 0 Å². The minimum Gasteiger partial charge on any atom is -0.394 e. The second-order valence-electron chi connectivity index (χ2n) is 3.77. The van der Waals surface area contributed by atoms with Gasteiger partial charge in [0.05, 0.1) is 13.2 Å². The van der Waals surface area contributed by atoms with Gasteiger partial charge in [-0.2, -0.15) is 0 Å². The Bertz CT molecular complexity index is 234. The second kappa shape index (κ2) is 7.71. The van der Waals surface area contributed by atoms with E-state index in [1.54, 1.807) is 0 Å². The van der Waals surface area contributed by atoms with Crippen molar-refractivity contribution < 1.29 is 45.6 Å². The van der Waals surface area contributed by atoms with Crippen molar-refractivity contribution in [1.29, 1.82) is 0 Å². The minimum absolute atomic E-state index is 0.927.